The van der Waals surface area contributed by atoms with Crippen LogP contribution in [-0.4, -0.2) is 41.4 Å². The molecule has 3 aliphatic rings. The van der Waals surface area contributed by atoms with E-state index in [-0.39, 0.29) is 30.3 Å². The Balaban J connectivity index is 1.50. The van der Waals surface area contributed by atoms with Crippen molar-refractivity contribution in [3.8, 4) is 0 Å². The summed E-state index contributed by atoms with van der Waals surface area (Å²) >= 11 is 0. The van der Waals surface area contributed by atoms with Gasteiger partial charge in [0.2, 0.25) is 0 Å². The van der Waals surface area contributed by atoms with Crippen molar-refractivity contribution >= 4 is 21.6 Å². The van der Waals surface area contributed by atoms with Gasteiger partial charge in [0.25, 0.3) is 0 Å². The van der Waals surface area contributed by atoms with Crippen LogP contribution in [0.15, 0.2) is 4.52 Å². The van der Waals surface area contributed by atoms with Gasteiger partial charge in [-0.05, 0) is 68.6 Å². The fourth-order valence-electron chi connectivity index (χ4n) is 5.41. The second kappa shape index (κ2) is 9.16. The highest BCUT2D eigenvalue weighted by atomic mass is 32.2. The molecule has 1 aromatic heterocycles. The zero-order valence-corrected chi connectivity index (χ0v) is 20.8. The molecule has 33 heavy (non-hydrogen) atoms. The Bertz CT molecular complexity index is 991. The molecule has 3 saturated carbocycles. The number of ketones is 1. The average Bonchev–Trinajstić information content (AvgIpc) is 3.56. The van der Waals surface area contributed by atoms with Crippen molar-refractivity contribution in [2.75, 3.05) is 5.75 Å². The van der Waals surface area contributed by atoms with Crippen LogP contribution in [0.5, 0.6) is 0 Å². The Morgan fingerprint density at radius 1 is 1.12 bits per heavy atom. The summed E-state index contributed by atoms with van der Waals surface area (Å²) in [4.78, 5) is 24.0. The van der Waals surface area contributed by atoms with Crippen LogP contribution >= 0.6 is 0 Å². The zero-order chi connectivity index (χ0) is 24.0. The molecular weight excluding hydrogens is 442 g/mol. The van der Waals surface area contributed by atoms with E-state index in [0.29, 0.717) is 41.7 Å². The summed E-state index contributed by atoms with van der Waals surface area (Å²) in [5.41, 5.74) is 2.08. The van der Waals surface area contributed by atoms with Gasteiger partial charge in [0.15, 0.2) is 9.84 Å². The number of aromatic nitrogens is 1. The first-order valence-electron chi connectivity index (χ1n) is 12.4. The van der Waals surface area contributed by atoms with E-state index in [1.54, 1.807) is 0 Å². The van der Waals surface area contributed by atoms with Gasteiger partial charge in [-0.15, -0.1) is 0 Å². The van der Waals surface area contributed by atoms with Crippen LogP contribution in [0.3, 0.4) is 0 Å². The number of carbonyl (C=O) groups is 2. The summed E-state index contributed by atoms with van der Waals surface area (Å²) in [7, 11) is -3.39. The Morgan fingerprint density at radius 2 is 1.79 bits per heavy atom. The number of carboxylic acid groups (broad SMARTS) is 1. The van der Waals surface area contributed by atoms with Crippen molar-refractivity contribution in [1.82, 2.24) is 5.16 Å². The molecule has 0 aromatic carbocycles. The summed E-state index contributed by atoms with van der Waals surface area (Å²) in [5.74, 6) is 0.143. The summed E-state index contributed by atoms with van der Waals surface area (Å²) in [6.45, 7) is 6.78. The molecule has 1 heterocycles. The first kappa shape index (κ1) is 24.4. The van der Waals surface area contributed by atoms with Crippen molar-refractivity contribution in [3.63, 3.8) is 0 Å². The molecule has 3 fully saturated rings. The van der Waals surface area contributed by atoms with Crippen LogP contribution < -0.4 is 0 Å². The van der Waals surface area contributed by atoms with Crippen molar-refractivity contribution in [3.05, 3.63) is 17.0 Å². The molecule has 7 nitrogen and oxygen atoms in total. The third-order valence-corrected chi connectivity index (χ3v) is 9.45. The van der Waals surface area contributed by atoms with Gasteiger partial charge in [0.05, 0.1) is 10.9 Å². The van der Waals surface area contributed by atoms with Gasteiger partial charge < -0.3 is 9.63 Å². The zero-order valence-electron chi connectivity index (χ0n) is 20.0. The van der Waals surface area contributed by atoms with E-state index in [4.69, 9.17) is 4.52 Å². The van der Waals surface area contributed by atoms with Crippen LogP contribution in [0.4, 0.5) is 0 Å². The van der Waals surface area contributed by atoms with Crippen molar-refractivity contribution in [2.24, 2.45) is 11.3 Å². The molecule has 1 atom stereocenters. The molecule has 8 heteroatoms. The van der Waals surface area contributed by atoms with Crippen LogP contribution in [0.1, 0.15) is 120 Å². The molecule has 0 saturated heterocycles. The van der Waals surface area contributed by atoms with E-state index >= 15 is 0 Å². The lowest BCUT2D eigenvalue weighted by Crippen LogP contribution is -2.26. The Morgan fingerprint density at radius 3 is 2.33 bits per heavy atom. The topological polar surface area (TPSA) is 115 Å². The minimum Gasteiger partial charge on any atom is -0.481 e. The SMILES string of the molecule is CC(C)(C)CC1CC(c2onc([C@@H](CCC(=O)O)CC(=O)CS(=O)(=O)C3CC3)c2C2CC2)C1. The predicted octanol–water partition coefficient (Wildman–Crippen LogP) is 4.97. The number of nitrogens with zero attached hydrogens (tertiary/aromatic N) is 1. The maximum Gasteiger partial charge on any atom is 0.303 e. The first-order valence-corrected chi connectivity index (χ1v) is 14.1. The molecule has 184 valence electrons. The first-order chi connectivity index (χ1) is 15.4. The fourth-order valence-corrected chi connectivity index (χ4v) is 7.07. The van der Waals surface area contributed by atoms with Crippen LogP contribution in [0, 0.1) is 11.3 Å². The quantitative estimate of drug-likeness (QED) is 0.450. The van der Waals surface area contributed by atoms with Gasteiger partial charge in [0, 0.05) is 30.2 Å². The summed E-state index contributed by atoms with van der Waals surface area (Å²) in [6, 6.07) is 0. The fraction of sp³-hybridized carbons (Fsp3) is 0.800. The van der Waals surface area contributed by atoms with Crippen LogP contribution in [0.2, 0.25) is 0 Å². The number of sulfone groups is 1. The molecule has 1 N–H and O–H groups in total. The number of rotatable bonds is 12. The standard InChI is InChI=1S/C25H37NO6S/c1-25(2,3)13-15-10-18(11-15)24-22(16-4-5-16)23(26-32-24)17(6-9-21(28)29)12-19(27)14-33(30,31)20-7-8-20/h15-18,20H,4-14H2,1-3H3,(H,28,29)/t15?,17-,18?/m0/s1. The molecule has 1 aromatic rings. The molecule has 0 aliphatic heterocycles. The van der Waals surface area contributed by atoms with Gasteiger partial charge in [0.1, 0.15) is 17.3 Å². The highest BCUT2D eigenvalue weighted by Crippen LogP contribution is 2.53. The monoisotopic (exact) mass is 479 g/mol. The molecular formula is C25H37NO6S. The van der Waals surface area contributed by atoms with E-state index in [1.165, 1.54) is 6.42 Å². The Hall–Kier alpha value is -1.70. The highest BCUT2D eigenvalue weighted by molar-refractivity contribution is 7.93. The minimum atomic E-state index is -3.39. The van der Waals surface area contributed by atoms with Gasteiger partial charge in [-0.2, -0.15) is 0 Å². The predicted molar refractivity (Wildman–Crippen MR) is 124 cm³/mol. The smallest absolute Gasteiger partial charge is 0.303 e. The van der Waals surface area contributed by atoms with Crippen molar-refractivity contribution in [2.45, 2.75) is 108 Å². The van der Waals surface area contributed by atoms with Crippen LogP contribution in [-0.2, 0) is 19.4 Å². The lowest BCUT2D eigenvalue weighted by Gasteiger charge is -2.38. The van der Waals surface area contributed by atoms with E-state index in [1.807, 2.05) is 0 Å². The van der Waals surface area contributed by atoms with Crippen molar-refractivity contribution < 1.29 is 27.6 Å². The lowest BCUT2D eigenvalue weighted by molar-refractivity contribution is -0.137. The van der Waals surface area contributed by atoms with E-state index in [2.05, 4.69) is 25.9 Å². The highest BCUT2D eigenvalue weighted by Gasteiger charge is 2.43. The molecule has 0 amide bonds. The molecule has 3 aliphatic carbocycles. The number of aliphatic carboxylic acids is 1. The minimum absolute atomic E-state index is 0.00222. The van der Waals surface area contributed by atoms with Crippen LogP contribution in [0.25, 0.3) is 0 Å². The summed E-state index contributed by atoms with van der Waals surface area (Å²) in [5, 5.41) is 13.2. The summed E-state index contributed by atoms with van der Waals surface area (Å²) < 4.78 is 30.5. The number of hydrogen-bond donors (Lipinski definition) is 1. The summed E-state index contributed by atoms with van der Waals surface area (Å²) in [6.07, 6.45) is 6.86. The van der Waals surface area contributed by atoms with E-state index in [9.17, 15) is 23.1 Å². The maximum atomic E-state index is 12.7. The normalized spacial score (nSPS) is 24.3. The number of carbonyl (C=O) groups excluding carboxylic acids is 1. The van der Waals surface area contributed by atoms with Gasteiger partial charge in [-0.3, -0.25) is 9.59 Å². The second-order valence-electron chi connectivity index (χ2n) is 11.8. The number of carboxylic acids is 1. The second-order valence-corrected chi connectivity index (χ2v) is 14.1. The van der Waals surface area contributed by atoms with Crippen molar-refractivity contribution in [1.29, 1.82) is 0 Å². The number of Topliss-reactive ketones (excluding diaryl/α,β-unsaturated/α-hetero) is 1. The van der Waals surface area contributed by atoms with E-state index < -0.39 is 27.5 Å². The molecule has 0 spiro atoms. The van der Waals surface area contributed by atoms with Gasteiger partial charge >= 0.3 is 5.97 Å². The molecule has 0 bridgehead atoms. The number of hydrogen-bond acceptors (Lipinski definition) is 6. The van der Waals surface area contributed by atoms with E-state index in [0.717, 1.165) is 37.0 Å². The third-order valence-electron chi connectivity index (χ3n) is 7.24. The molecule has 0 radical (unpaired) electrons. The molecule has 4 rings (SSSR count). The lowest BCUT2D eigenvalue weighted by atomic mass is 9.66. The maximum absolute atomic E-state index is 12.7. The Kier molecular flexibility index (Phi) is 6.78. The van der Waals surface area contributed by atoms with Gasteiger partial charge in [-0.25, -0.2) is 8.42 Å². The molecule has 0 unspecified atom stereocenters. The third kappa shape index (κ3) is 6.25. The Labute approximate surface area is 196 Å². The largest absolute Gasteiger partial charge is 0.481 e. The van der Waals surface area contributed by atoms with Gasteiger partial charge in [-0.1, -0.05) is 25.9 Å². The average molecular weight is 480 g/mol.